The second kappa shape index (κ2) is 2.73. The molecule has 0 aromatic heterocycles. The standard InChI is InChI=1S/C10H14N2O/c1-8(6-11)9(13)12-5-4-10(7-12)2-3-10/h8H,2-5,7H2,1H3. The van der Waals surface area contributed by atoms with E-state index in [0.29, 0.717) is 5.41 Å². The number of nitrogens with zero attached hydrogens (tertiary/aromatic N) is 2. The van der Waals surface area contributed by atoms with Gasteiger partial charge in [0.25, 0.3) is 0 Å². The SMILES string of the molecule is CC(C#N)C(=O)N1CCC2(CC2)C1. The van der Waals surface area contributed by atoms with Gasteiger partial charge in [0, 0.05) is 13.1 Å². The molecule has 70 valence electrons. The third-order valence-corrected chi connectivity index (χ3v) is 3.27. The molecule has 0 radical (unpaired) electrons. The lowest BCUT2D eigenvalue weighted by Gasteiger charge is -2.17. The van der Waals surface area contributed by atoms with E-state index in [9.17, 15) is 4.79 Å². The van der Waals surface area contributed by atoms with Crippen LogP contribution in [0.5, 0.6) is 0 Å². The van der Waals surface area contributed by atoms with Gasteiger partial charge in [-0.15, -0.1) is 0 Å². The van der Waals surface area contributed by atoms with Crippen molar-refractivity contribution in [3.8, 4) is 6.07 Å². The van der Waals surface area contributed by atoms with Crippen LogP contribution in [-0.2, 0) is 4.79 Å². The van der Waals surface area contributed by atoms with Gasteiger partial charge in [0.1, 0.15) is 5.92 Å². The van der Waals surface area contributed by atoms with Gasteiger partial charge in [0.05, 0.1) is 6.07 Å². The maximum absolute atomic E-state index is 11.6. The number of nitriles is 1. The summed E-state index contributed by atoms with van der Waals surface area (Å²) < 4.78 is 0. The molecule has 1 spiro atoms. The summed E-state index contributed by atoms with van der Waals surface area (Å²) in [5.74, 6) is -0.444. The number of hydrogen-bond acceptors (Lipinski definition) is 2. The first-order valence-electron chi connectivity index (χ1n) is 4.85. The van der Waals surface area contributed by atoms with Crippen molar-refractivity contribution in [1.29, 1.82) is 5.26 Å². The molecule has 1 saturated carbocycles. The highest BCUT2D eigenvalue weighted by molar-refractivity contribution is 5.81. The first-order chi connectivity index (χ1) is 6.17. The topological polar surface area (TPSA) is 44.1 Å². The second-order valence-corrected chi connectivity index (χ2v) is 4.36. The zero-order valence-electron chi connectivity index (χ0n) is 7.92. The molecule has 1 unspecified atom stereocenters. The molecule has 2 rings (SSSR count). The van der Waals surface area contributed by atoms with Crippen LogP contribution < -0.4 is 0 Å². The molecule has 1 atom stereocenters. The lowest BCUT2D eigenvalue weighted by atomic mass is 10.1. The fourth-order valence-corrected chi connectivity index (χ4v) is 2.04. The highest BCUT2D eigenvalue weighted by Gasteiger charge is 2.49. The number of hydrogen-bond donors (Lipinski definition) is 0. The van der Waals surface area contributed by atoms with Crippen molar-refractivity contribution in [3.63, 3.8) is 0 Å². The van der Waals surface area contributed by atoms with Gasteiger partial charge in [-0.05, 0) is 31.6 Å². The van der Waals surface area contributed by atoms with Gasteiger partial charge >= 0.3 is 0 Å². The van der Waals surface area contributed by atoms with E-state index in [4.69, 9.17) is 5.26 Å². The number of carbonyl (C=O) groups excluding carboxylic acids is 1. The van der Waals surface area contributed by atoms with E-state index >= 15 is 0 Å². The van der Waals surface area contributed by atoms with Crippen LogP contribution in [0.2, 0.25) is 0 Å². The van der Waals surface area contributed by atoms with Crippen molar-refractivity contribution in [2.24, 2.45) is 11.3 Å². The fraction of sp³-hybridized carbons (Fsp3) is 0.800. The Kier molecular flexibility index (Phi) is 1.80. The molecule has 1 heterocycles. The van der Waals surface area contributed by atoms with E-state index < -0.39 is 5.92 Å². The number of carbonyl (C=O) groups is 1. The normalized spacial score (nSPS) is 25.7. The van der Waals surface area contributed by atoms with Gasteiger partial charge in [-0.25, -0.2) is 0 Å². The summed E-state index contributed by atoms with van der Waals surface area (Å²) in [5, 5.41) is 8.61. The minimum absolute atomic E-state index is 0.0197. The first kappa shape index (κ1) is 8.55. The monoisotopic (exact) mass is 178 g/mol. The number of rotatable bonds is 1. The lowest BCUT2D eigenvalue weighted by molar-refractivity contribution is -0.132. The van der Waals surface area contributed by atoms with Gasteiger partial charge in [0.15, 0.2) is 0 Å². The van der Waals surface area contributed by atoms with E-state index in [1.807, 2.05) is 11.0 Å². The quantitative estimate of drug-likeness (QED) is 0.604. The zero-order chi connectivity index (χ0) is 9.47. The molecule has 3 nitrogen and oxygen atoms in total. The summed E-state index contributed by atoms with van der Waals surface area (Å²) in [7, 11) is 0. The highest BCUT2D eigenvalue weighted by atomic mass is 16.2. The number of likely N-dealkylation sites (tertiary alicyclic amines) is 1. The molecule has 0 bridgehead atoms. The molecule has 1 aliphatic heterocycles. The molecule has 3 heteroatoms. The molecule has 0 N–H and O–H groups in total. The van der Waals surface area contributed by atoms with E-state index in [0.717, 1.165) is 19.5 Å². The summed E-state index contributed by atoms with van der Waals surface area (Å²) in [5.41, 5.74) is 0.477. The summed E-state index contributed by atoms with van der Waals surface area (Å²) in [6.45, 7) is 3.45. The van der Waals surface area contributed by atoms with Crippen molar-refractivity contribution in [2.45, 2.75) is 26.2 Å². The van der Waals surface area contributed by atoms with Gasteiger partial charge in [0.2, 0.25) is 5.91 Å². The second-order valence-electron chi connectivity index (χ2n) is 4.36. The summed E-state index contributed by atoms with van der Waals surface area (Å²) in [6, 6.07) is 2.00. The predicted molar refractivity (Wildman–Crippen MR) is 47.6 cm³/mol. The molecule has 2 aliphatic rings. The van der Waals surface area contributed by atoms with E-state index in [-0.39, 0.29) is 5.91 Å². The smallest absolute Gasteiger partial charge is 0.239 e. The third-order valence-electron chi connectivity index (χ3n) is 3.27. The zero-order valence-corrected chi connectivity index (χ0v) is 7.92. The largest absolute Gasteiger partial charge is 0.341 e. The van der Waals surface area contributed by atoms with Crippen LogP contribution in [0, 0.1) is 22.7 Å². The average Bonchev–Trinajstić information content (AvgIpc) is 2.74. The van der Waals surface area contributed by atoms with Crippen molar-refractivity contribution in [2.75, 3.05) is 13.1 Å². The molecule has 13 heavy (non-hydrogen) atoms. The van der Waals surface area contributed by atoms with Crippen LogP contribution in [0.25, 0.3) is 0 Å². The molecule has 2 fully saturated rings. The van der Waals surface area contributed by atoms with Crippen molar-refractivity contribution in [1.82, 2.24) is 4.90 Å². The van der Waals surface area contributed by atoms with Gasteiger partial charge < -0.3 is 4.90 Å². The molecule has 1 aliphatic carbocycles. The predicted octanol–water partition coefficient (Wildman–Crippen LogP) is 1.16. The Labute approximate surface area is 78.3 Å². The third kappa shape index (κ3) is 1.41. The van der Waals surface area contributed by atoms with Crippen LogP contribution in [0.4, 0.5) is 0 Å². The molecule has 0 aromatic carbocycles. The fourth-order valence-electron chi connectivity index (χ4n) is 2.04. The molecular weight excluding hydrogens is 164 g/mol. The lowest BCUT2D eigenvalue weighted by Crippen LogP contribution is -2.32. The Balaban J connectivity index is 1.96. The van der Waals surface area contributed by atoms with Gasteiger partial charge in [-0.3, -0.25) is 4.79 Å². The Hall–Kier alpha value is -1.04. The molecular formula is C10H14N2O. The Morgan fingerprint density at radius 3 is 2.69 bits per heavy atom. The van der Waals surface area contributed by atoms with Crippen LogP contribution in [0.15, 0.2) is 0 Å². The van der Waals surface area contributed by atoms with Crippen LogP contribution in [-0.4, -0.2) is 23.9 Å². The van der Waals surface area contributed by atoms with Crippen LogP contribution in [0.1, 0.15) is 26.2 Å². The first-order valence-corrected chi connectivity index (χ1v) is 4.85. The van der Waals surface area contributed by atoms with Crippen molar-refractivity contribution >= 4 is 5.91 Å². The maximum atomic E-state index is 11.6. The summed E-state index contributed by atoms with van der Waals surface area (Å²) >= 11 is 0. The summed E-state index contributed by atoms with van der Waals surface area (Å²) in [4.78, 5) is 13.5. The van der Waals surface area contributed by atoms with Gasteiger partial charge in [-0.1, -0.05) is 0 Å². The Bertz CT molecular complexity index is 275. The van der Waals surface area contributed by atoms with Crippen molar-refractivity contribution in [3.05, 3.63) is 0 Å². The van der Waals surface area contributed by atoms with Gasteiger partial charge in [-0.2, -0.15) is 5.26 Å². The Morgan fingerprint density at radius 1 is 1.54 bits per heavy atom. The molecule has 0 aromatic rings. The highest BCUT2D eigenvalue weighted by Crippen LogP contribution is 2.52. The maximum Gasteiger partial charge on any atom is 0.239 e. The summed E-state index contributed by atoms with van der Waals surface area (Å²) in [6.07, 6.45) is 3.70. The molecule has 1 saturated heterocycles. The van der Waals surface area contributed by atoms with Crippen LogP contribution in [0.3, 0.4) is 0 Å². The Morgan fingerprint density at radius 2 is 2.23 bits per heavy atom. The van der Waals surface area contributed by atoms with Crippen LogP contribution >= 0.6 is 0 Å². The van der Waals surface area contributed by atoms with Crippen molar-refractivity contribution < 1.29 is 4.79 Å². The minimum Gasteiger partial charge on any atom is -0.341 e. The minimum atomic E-state index is -0.464. The van der Waals surface area contributed by atoms with E-state index in [1.54, 1.807) is 6.92 Å². The molecule has 1 amide bonds. The van der Waals surface area contributed by atoms with E-state index in [2.05, 4.69) is 0 Å². The average molecular weight is 178 g/mol. The van der Waals surface area contributed by atoms with E-state index in [1.165, 1.54) is 12.8 Å². The number of amides is 1.